The second-order valence-electron chi connectivity index (χ2n) is 1.60. The van der Waals surface area contributed by atoms with E-state index in [9.17, 15) is 0 Å². The lowest BCUT2D eigenvalue weighted by Crippen LogP contribution is -1.93. The van der Waals surface area contributed by atoms with Crippen LogP contribution in [0.25, 0.3) is 0 Å². The predicted molar refractivity (Wildman–Crippen MR) is 36.3 cm³/mol. The molecule has 0 spiro atoms. The maximum atomic E-state index is 4.83. The molecule has 0 amide bonds. The largest absolute Gasteiger partial charge is 0.0935 e. The molecule has 42 valence electrons. The molecule has 0 aliphatic rings. The lowest BCUT2D eigenvalue weighted by Gasteiger charge is -2.03. The standard InChI is InChI=1S/C6H12S/c1-3-6(4-2)5-7/h3-5H2,1-2H3. The number of rotatable bonds is 3. The van der Waals surface area contributed by atoms with Crippen molar-refractivity contribution in [2.45, 2.75) is 26.7 Å². The van der Waals surface area contributed by atoms with Gasteiger partial charge < -0.3 is 0 Å². The molecule has 0 bridgehead atoms. The van der Waals surface area contributed by atoms with Crippen molar-refractivity contribution in [3.63, 3.8) is 0 Å². The van der Waals surface area contributed by atoms with Crippen LogP contribution in [0.5, 0.6) is 0 Å². The zero-order chi connectivity index (χ0) is 5.70. The first-order valence-electron chi connectivity index (χ1n) is 2.76. The second kappa shape index (κ2) is 4.51. The van der Waals surface area contributed by atoms with Gasteiger partial charge >= 0.3 is 0 Å². The first-order valence-corrected chi connectivity index (χ1v) is 3.34. The fourth-order valence-corrected chi connectivity index (χ4v) is 0.862. The van der Waals surface area contributed by atoms with E-state index in [0.717, 1.165) is 5.75 Å². The summed E-state index contributed by atoms with van der Waals surface area (Å²) in [4.78, 5) is 0. The fraction of sp³-hybridized carbons (Fsp3) is 0.833. The van der Waals surface area contributed by atoms with Gasteiger partial charge in [-0.05, 0) is 18.8 Å². The highest BCUT2D eigenvalue weighted by Gasteiger charge is 1.97. The molecule has 0 unspecified atom stereocenters. The van der Waals surface area contributed by atoms with Crippen LogP contribution < -0.4 is 0 Å². The molecular formula is C6H12S. The Labute approximate surface area is 51.7 Å². The van der Waals surface area contributed by atoms with Gasteiger partial charge in [-0.2, -0.15) is 0 Å². The molecule has 0 fully saturated rings. The molecular weight excluding hydrogens is 104 g/mol. The molecule has 0 aromatic heterocycles. The van der Waals surface area contributed by atoms with Crippen molar-refractivity contribution in [2.75, 3.05) is 5.75 Å². The third-order valence-electron chi connectivity index (χ3n) is 1.20. The lowest BCUT2D eigenvalue weighted by molar-refractivity contribution is 0.828. The van der Waals surface area contributed by atoms with E-state index in [1.807, 2.05) is 0 Å². The van der Waals surface area contributed by atoms with Crippen molar-refractivity contribution < 1.29 is 0 Å². The molecule has 0 aliphatic carbocycles. The average Bonchev–Trinajstić information content (AvgIpc) is 1.72. The Kier molecular flexibility index (Phi) is 4.73. The van der Waals surface area contributed by atoms with Crippen molar-refractivity contribution in [2.24, 2.45) is 0 Å². The minimum absolute atomic E-state index is 0.854. The molecule has 2 radical (unpaired) electrons. The summed E-state index contributed by atoms with van der Waals surface area (Å²) in [5, 5.41) is 0. The van der Waals surface area contributed by atoms with Gasteiger partial charge in [-0.25, -0.2) is 0 Å². The molecule has 0 rings (SSSR count). The summed E-state index contributed by atoms with van der Waals surface area (Å²) in [7, 11) is 0. The first-order chi connectivity index (χ1) is 3.35. The Morgan fingerprint density at radius 1 is 1.29 bits per heavy atom. The summed E-state index contributed by atoms with van der Waals surface area (Å²) in [6, 6.07) is 0. The van der Waals surface area contributed by atoms with Gasteiger partial charge in [-0.1, -0.05) is 26.5 Å². The number of hydrogen-bond donors (Lipinski definition) is 0. The van der Waals surface area contributed by atoms with E-state index in [-0.39, 0.29) is 0 Å². The third kappa shape index (κ3) is 2.98. The summed E-state index contributed by atoms with van der Waals surface area (Å²) in [6.45, 7) is 4.32. The van der Waals surface area contributed by atoms with Gasteiger partial charge in [0.25, 0.3) is 0 Å². The zero-order valence-corrected chi connectivity index (χ0v) is 5.85. The van der Waals surface area contributed by atoms with Gasteiger partial charge in [0.2, 0.25) is 0 Å². The Bertz CT molecular complexity index is 25.7. The molecule has 0 aromatic rings. The summed E-state index contributed by atoms with van der Waals surface area (Å²) in [5.74, 6) is 2.35. The van der Waals surface area contributed by atoms with E-state index >= 15 is 0 Å². The van der Waals surface area contributed by atoms with Crippen LogP contribution in [-0.4, -0.2) is 5.75 Å². The minimum atomic E-state index is 0.854. The highest BCUT2D eigenvalue weighted by atomic mass is 32.1. The van der Waals surface area contributed by atoms with Crippen LogP contribution in [0.4, 0.5) is 0 Å². The summed E-state index contributed by atoms with van der Waals surface area (Å²) in [6.07, 6.45) is 2.33. The van der Waals surface area contributed by atoms with Crippen LogP contribution in [0.15, 0.2) is 0 Å². The quantitative estimate of drug-likeness (QED) is 0.531. The molecule has 0 nitrogen and oxygen atoms in total. The maximum absolute atomic E-state index is 4.83. The van der Waals surface area contributed by atoms with Gasteiger partial charge in [0, 0.05) is 5.75 Å². The van der Waals surface area contributed by atoms with Gasteiger partial charge in [-0.15, -0.1) is 0 Å². The van der Waals surface area contributed by atoms with Gasteiger partial charge in [0.1, 0.15) is 0 Å². The normalized spacial score (nSPS) is 10.3. The number of hydrogen-bond acceptors (Lipinski definition) is 0. The van der Waals surface area contributed by atoms with Crippen molar-refractivity contribution in [1.29, 1.82) is 0 Å². The van der Waals surface area contributed by atoms with Crippen molar-refractivity contribution in [3.8, 4) is 0 Å². The zero-order valence-electron chi connectivity index (χ0n) is 5.03. The Hall–Kier alpha value is 0.350. The van der Waals surface area contributed by atoms with Gasteiger partial charge in [0.05, 0.1) is 0 Å². The molecule has 0 atom stereocenters. The topological polar surface area (TPSA) is 0 Å². The summed E-state index contributed by atoms with van der Waals surface area (Å²) in [5.41, 5.74) is 0. The van der Waals surface area contributed by atoms with Crippen molar-refractivity contribution >= 4 is 12.6 Å². The van der Waals surface area contributed by atoms with Crippen LogP contribution >= 0.6 is 12.6 Å². The molecule has 0 saturated heterocycles. The molecule has 1 heteroatoms. The van der Waals surface area contributed by atoms with E-state index < -0.39 is 0 Å². The van der Waals surface area contributed by atoms with Crippen LogP contribution in [0, 0.1) is 5.92 Å². The molecule has 0 aliphatic heterocycles. The second-order valence-corrected chi connectivity index (χ2v) is 1.89. The van der Waals surface area contributed by atoms with Crippen molar-refractivity contribution in [1.82, 2.24) is 0 Å². The Morgan fingerprint density at radius 2 is 1.71 bits per heavy atom. The molecule has 0 N–H and O–H groups in total. The summed E-state index contributed by atoms with van der Waals surface area (Å²) >= 11 is 4.83. The molecule has 0 heterocycles. The lowest BCUT2D eigenvalue weighted by atomic mass is 10.1. The van der Waals surface area contributed by atoms with E-state index in [4.69, 9.17) is 12.6 Å². The smallest absolute Gasteiger partial charge is 0.00990 e. The van der Waals surface area contributed by atoms with E-state index in [1.165, 1.54) is 18.8 Å². The van der Waals surface area contributed by atoms with E-state index in [0.29, 0.717) is 0 Å². The fourth-order valence-electron chi connectivity index (χ4n) is 0.454. The van der Waals surface area contributed by atoms with Crippen LogP contribution in [0.1, 0.15) is 26.7 Å². The first kappa shape index (κ1) is 7.35. The molecule has 7 heavy (non-hydrogen) atoms. The van der Waals surface area contributed by atoms with E-state index in [1.54, 1.807) is 0 Å². The minimum Gasteiger partial charge on any atom is -0.0935 e. The van der Waals surface area contributed by atoms with Gasteiger partial charge in [-0.3, -0.25) is 0 Å². The van der Waals surface area contributed by atoms with Crippen LogP contribution in [0.2, 0.25) is 0 Å². The van der Waals surface area contributed by atoms with Gasteiger partial charge in [0.15, 0.2) is 0 Å². The Balaban J connectivity index is 2.99. The van der Waals surface area contributed by atoms with Crippen LogP contribution in [-0.2, 0) is 0 Å². The highest BCUT2D eigenvalue weighted by molar-refractivity contribution is 7.80. The third-order valence-corrected chi connectivity index (χ3v) is 1.61. The van der Waals surface area contributed by atoms with Crippen molar-refractivity contribution in [3.05, 3.63) is 5.92 Å². The highest BCUT2D eigenvalue weighted by Crippen LogP contribution is 2.10. The Morgan fingerprint density at radius 3 is 1.71 bits per heavy atom. The summed E-state index contributed by atoms with van der Waals surface area (Å²) < 4.78 is 0. The maximum Gasteiger partial charge on any atom is 0.00990 e. The van der Waals surface area contributed by atoms with Crippen LogP contribution in [0.3, 0.4) is 0 Å². The average molecular weight is 116 g/mol. The SMILES string of the molecule is CC[C](CC)C[S]. The monoisotopic (exact) mass is 116 g/mol. The predicted octanol–water partition coefficient (Wildman–Crippen LogP) is 2.58. The molecule has 0 aromatic carbocycles. The van der Waals surface area contributed by atoms with E-state index in [2.05, 4.69) is 13.8 Å². The molecule has 0 saturated carbocycles.